The van der Waals surface area contributed by atoms with Crippen LogP contribution in [0.3, 0.4) is 0 Å². The standard InChI is InChI=1S/C18H22F2N2O2/c1-11-14-5-3-4-6-15(14)24-16(11)12(2)21-17(23)22-13-7-9-18(19,20)10-8-13/h3-6,12-13H,7-10H2,1-2H3,(H2,21,22,23). The molecule has 2 aromatic rings. The molecule has 1 unspecified atom stereocenters. The van der Waals surface area contributed by atoms with E-state index in [1.165, 1.54) is 0 Å². The van der Waals surface area contributed by atoms with Gasteiger partial charge in [-0.3, -0.25) is 0 Å². The molecule has 0 aliphatic heterocycles. The number of para-hydroxylation sites is 1. The fourth-order valence-corrected chi connectivity index (χ4v) is 3.28. The first-order chi connectivity index (χ1) is 11.4. The summed E-state index contributed by atoms with van der Waals surface area (Å²) in [6.07, 6.45) is 0.267. The molecule has 2 amide bonds. The molecule has 6 heteroatoms. The molecule has 1 fully saturated rings. The van der Waals surface area contributed by atoms with Gasteiger partial charge in [0, 0.05) is 29.8 Å². The summed E-state index contributed by atoms with van der Waals surface area (Å²) in [6, 6.07) is 6.86. The van der Waals surface area contributed by atoms with Crippen LogP contribution in [0.2, 0.25) is 0 Å². The number of amides is 2. The molecule has 1 aliphatic carbocycles. The Bertz CT molecular complexity index is 732. The van der Waals surface area contributed by atoms with E-state index in [4.69, 9.17) is 4.42 Å². The van der Waals surface area contributed by atoms with Gasteiger partial charge in [0.1, 0.15) is 11.3 Å². The molecule has 1 aliphatic rings. The highest BCUT2D eigenvalue weighted by Crippen LogP contribution is 2.33. The van der Waals surface area contributed by atoms with Gasteiger partial charge in [0.15, 0.2) is 0 Å². The van der Waals surface area contributed by atoms with Crippen molar-refractivity contribution in [2.75, 3.05) is 0 Å². The fourth-order valence-electron chi connectivity index (χ4n) is 3.28. The number of rotatable bonds is 3. The zero-order valence-electron chi connectivity index (χ0n) is 13.9. The quantitative estimate of drug-likeness (QED) is 0.855. The van der Waals surface area contributed by atoms with Crippen LogP contribution in [0, 0.1) is 6.92 Å². The number of furan rings is 1. The van der Waals surface area contributed by atoms with Crippen LogP contribution in [-0.2, 0) is 0 Å². The average molecular weight is 336 g/mol. The topological polar surface area (TPSA) is 54.3 Å². The Morgan fingerprint density at radius 3 is 2.62 bits per heavy atom. The van der Waals surface area contributed by atoms with E-state index in [1.807, 2.05) is 38.1 Å². The third kappa shape index (κ3) is 3.52. The highest BCUT2D eigenvalue weighted by molar-refractivity contribution is 5.82. The largest absolute Gasteiger partial charge is 0.459 e. The van der Waals surface area contributed by atoms with Crippen LogP contribution < -0.4 is 10.6 Å². The lowest BCUT2D eigenvalue weighted by Crippen LogP contribution is -2.45. The Labute approximate surface area is 139 Å². The van der Waals surface area contributed by atoms with Gasteiger partial charge in [-0.15, -0.1) is 0 Å². The smallest absolute Gasteiger partial charge is 0.315 e. The lowest BCUT2D eigenvalue weighted by molar-refractivity contribution is -0.0395. The summed E-state index contributed by atoms with van der Waals surface area (Å²) < 4.78 is 32.1. The zero-order chi connectivity index (χ0) is 17.3. The van der Waals surface area contributed by atoms with Gasteiger partial charge >= 0.3 is 6.03 Å². The van der Waals surface area contributed by atoms with Crippen LogP contribution in [0.1, 0.15) is 50.0 Å². The highest BCUT2D eigenvalue weighted by Gasteiger charge is 2.35. The van der Waals surface area contributed by atoms with Gasteiger partial charge in [-0.2, -0.15) is 0 Å². The number of alkyl halides is 2. The van der Waals surface area contributed by atoms with Crippen LogP contribution in [0.15, 0.2) is 28.7 Å². The SMILES string of the molecule is Cc1c(C(C)NC(=O)NC2CCC(F)(F)CC2)oc2ccccc12. The second-order valence-corrected chi connectivity index (χ2v) is 6.56. The molecule has 3 rings (SSSR count). The number of benzene rings is 1. The Balaban J connectivity index is 1.60. The number of carbonyl (C=O) groups excluding carboxylic acids is 1. The molecule has 1 saturated carbocycles. The van der Waals surface area contributed by atoms with Gasteiger partial charge in [0.2, 0.25) is 5.92 Å². The summed E-state index contributed by atoms with van der Waals surface area (Å²) in [5.74, 6) is -1.88. The second-order valence-electron chi connectivity index (χ2n) is 6.56. The number of urea groups is 1. The van der Waals surface area contributed by atoms with Crippen molar-refractivity contribution in [1.29, 1.82) is 0 Å². The zero-order valence-corrected chi connectivity index (χ0v) is 13.9. The number of fused-ring (bicyclic) bond motifs is 1. The molecule has 1 atom stereocenters. The van der Waals surface area contributed by atoms with Crippen LogP contribution in [-0.4, -0.2) is 18.0 Å². The molecule has 1 aromatic heterocycles. The molecular formula is C18H22F2N2O2. The summed E-state index contributed by atoms with van der Waals surface area (Å²) in [6.45, 7) is 3.81. The highest BCUT2D eigenvalue weighted by atomic mass is 19.3. The van der Waals surface area contributed by atoms with Crippen molar-refractivity contribution >= 4 is 17.0 Å². The van der Waals surface area contributed by atoms with E-state index in [2.05, 4.69) is 10.6 Å². The molecule has 2 N–H and O–H groups in total. The lowest BCUT2D eigenvalue weighted by atomic mass is 9.92. The molecule has 0 radical (unpaired) electrons. The lowest BCUT2D eigenvalue weighted by Gasteiger charge is -2.29. The summed E-state index contributed by atoms with van der Waals surface area (Å²) >= 11 is 0. The number of carbonyl (C=O) groups is 1. The van der Waals surface area contributed by atoms with Crippen molar-refractivity contribution in [3.8, 4) is 0 Å². The molecule has 0 saturated heterocycles. The monoisotopic (exact) mass is 336 g/mol. The molecular weight excluding hydrogens is 314 g/mol. The molecule has 0 bridgehead atoms. The molecule has 24 heavy (non-hydrogen) atoms. The van der Waals surface area contributed by atoms with Crippen molar-refractivity contribution in [2.24, 2.45) is 0 Å². The maximum absolute atomic E-state index is 13.2. The van der Waals surface area contributed by atoms with Crippen molar-refractivity contribution in [3.05, 3.63) is 35.6 Å². The van der Waals surface area contributed by atoms with Gasteiger partial charge in [-0.25, -0.2) is 13.6 Å². The Morgan fingerprint density at radius 2 is 1.96 bits per heavy atom. The maximum Gasteiger partial charge on any atom is 0.315 e. The van der Waals surface area contributed by atoms with Crippen molar-refractivity contribution in [3.63, 3.8) is 0 Å². The van der Waals surface area contributed by atoms with Gasteiger partial charge in [-0.05, 0) is 32.8 Å². The van der Waals surface area contributed by atoms with Gasteiger partial charge in [0.25, 0.3) is 0 Å². The number of nitrogens with one attached hydrogen (secondary N) is 2. The van der Waals surface area contributed by atoms with Gasteiger partial charge in [-0.1, -0.05) is 18.2 Å². The van der Waals surface area contributed by atoms with Crippen molar-refractivity contribution in [2.45, 2.75) is 57.5 Å². The fraction of sp³-hybridized carbons (Fsp3) is 0.500. The summed E-state index contributed by atoms with van der Waals surface area (Å²) in [4.78, 5) is 12.1. The van der Waals surface area contributed by atoms with E-state index in [0.717, 1.165) is 16.5 Å². The average Bonchev–Trinajstić information content (AvgIpc) is 2.87. The molecule has 4 nitrogen and oxygen atoms in total. The van der Waals surface area contributed by atoms with E-state index >= 15 is 0 Å². The van der Waals surface area contributed by atoms with E-state index in [1.54, 1.807) is 0 Å². The minimum Gasteiger partial charge on any atom is -0.459 e. The van der Waals surface area contributed by atoms with Crippen molar-refractivity contribution in [1.82, 2.24) is 10.6 Å². The molecule has 130 valence electrons. The van der Waals surface area contributed by atoms with E-state index in [0.29, 0.717) is 18.6 Å². The predicted molar refractivity (Wildman–Crippen MR) is 88.2 cm³/mol. The van der Waals surface area contributed by atoms with Crippen LogP contribution >= 0.6 is 0 Å². The normalized spacial score (nSPS) is 19.2. The maximum atomic E-state index is 13.2. The van der Waals surface area contributed by atoms with Gasteiger partial charge in [0.05, 0.1) is 6.04 Å². The summed E-state index contributed by atoms with van der Waals surface area (Å²) in [7, 11) is 0. The Morgan fingerprint density at radius 1 is 1.29 bits per heavy atom. The van der Waals surface area contributed by atoms with Crippen LogP contribution in [0.5, 0.6) is 0 Å². The predicted octanol–water partition coefficient (Wildman–Crippen LogP) is 4.68. The van der Waals surface area contributed by atoms with Crippen LogP contribution in [0.4, 0.5) is 13.6 Å². The first kappa shape index (κ1) is 16.7. The number of hydrogen-bond donors (Lipinski definition) is 2. The van der Waals surface area contributed by atoms with Gasteiger partial charge < -0.3 is 15.1 Å². The Kier molecular flexibility index (Phi) is 4.47. The number of aryl methyl sites for hydroxylation is 1. The van der Waals surface area contributed by atoms with E-state index in [-0.39, 0.29) is 31.0 Å². The van der Waals surface area contributed by atoms with Crippen LogP contribution in [0.25, 0.3) is 11.0 Å². The number of hydrogen-bond acceptors (Lipinski definition) is 2. The molecule has 1 heterocycles. The first-order valence-corrected chi connectivity index (χ1v) is 8.28. The third-order valence-corrected chi connectivity index (χ3v) is 4.67. The number of halogens is 2. The summed E-state index contributed by atoms with van der Waals surface area (Å²) in [5.41, 5.74) is 1.78. The van der Waals surface area contributed by atoms with E-state index < -0.39 is 5.92 Å². The Hall–Kier alpha value is -2.11. The third-order valence-electron chi connectivity index (χ3n) is 4.67. The minimum absolute atomic E-state index is 0.170. The molecule has 0 spiro atoms. The summed E-state index contributed by atoms with van der Waals surface area (Å²) in [5, 5.41) is 6.64. The first-order valence-electron chi connectivity index (χ1n) is 8.28. The minimum atomic E-state index is -2.59. The second kappa shape index (κ2) is 6.42. The van der Waals surface area contributed by atoms with E-state index in [9.17, 15) is 13.6 Å². The van der Waals surface area contributed by atoms with Crippen molar-refractivity contribution < 1.29 is 18.0 Å². The molecule has 1 aromatic carbocycles.